The number of nitrogens with zero attached hydrogens (tertiary/aromatic N) is 3. The topological polar surface area (TPSA) is 59.4 Å². The lowest BCUT2D eigenvalue weighted by Gasteiger charge is -2.36. The minimum atomic E-state index is -2.89. The Balaban J connectivity index is 0.00000261. The lowest BCUT2D eigenvalue weighted by atomic mass is 10.0. The van der Waals surface area contributed by atoms with Crippen molar-refractivity contribution in [2.45, 2.75) is 26.5 Å². The number of benzene rings is 1. The molecule has 148 valence electrons. The zero-order valence-corrected chi connectivity index (χ0v) is 16.2. The third kappa shape index (κ3) is 4.39. The summed E-state index contributed by atoms with van der Waals surface area (Å²) in [6, 6.07) is 3.02. The Morgan fingerprint density at radius 3 is 2.56 bits per heavy atom. The van der Waals surface area contributed by atoms with Crippen LogP contribution in [-0.4, -0.2) is 46.6 Å². The maximum absolute atomic E-state index is 13.1. The molecule has 0 bridgehead atoms. The number of carbonyl (C=O) groups excluding carboxylic acids is 1. The number of aryl methyl sites for hydroxylation is 3. The average Bonchev–Trinajstić information content (AvgIpc) is 3.03. The van der Waals surface area contributed by atoms with Gasteiger partial charge in [-0.05, 0) is 37.1 Å². The monoisotopic (exact) mass is 400 g/mol. The van der Waals surface area contributed by atoms with Gasteiger partial charge in [0, 0.05) is 44.6 Å². The molecule has 2 heterocycles. The highest BCUT2D eigenvalue weighted by Crippen LogP contribution is 2.29. The van der Waals surface area contributed by atoms with E-state index in [1.54, 1.807) is 37.1 Å². The fraction of sp³-hybridized carbons (Fsp3) is 0.444. The van der Waals surface area contributed by atoms with E-state index in [0.29, 0.717) is 36.3 Å². The number of piperazine rings is 1. The van der Waals surface area contributed by atoms with Gasteiger partial charge in [0.15, 0.2) is 0 Å². The van der Waals surface area contributed by atoms with E-state index in [-0.39, 0.29) is 30.1 Å². The van der Waals surface area contributed by atoms with E-state index < -0.39 is 6.61 Å². The summed E-state index contributed by atoms with van der Waals surface area (Å²) in [6.07, 6.45) is 3.55. The number of hydrogen-bond acceptors (Lipinski definition) is 4. The summed E-state index contributed by atoms with van der Waals surface area (Å²) in [5.41, 5.74) is 1.48. The molecule has 1 aromatic carbocycles. The van der Waals surface area contributed by atoms with Gasteiger partial charge in [0.1, 0.15) is 17.6 Å². The molecule has 1 N–H and O–H groups in total. The van der Waals surface area contributed by atoms with Crippen LogP contribution < -0.4 is 10.1 Å². The summed E-state index contributed by atoms with van der Waals surface area (Å²) in [7, 11) is 1.89. The smallest absolute Gasteiger partial charge is 0.387 e. The third-order valence-corrected chi connectivity index (χ3v) is 4.57. The molecule has 0 radical (unpaired) electrons. The molecule has 1 saturated heterocycles. The first-order valence-corrected chi connectivity index (χ1v) is 8.43. The van der Waals surface area contributed by atoms with Crippen LogP contribution >= 0.6 is 12.4 Å². The van der Waals surface area contributed by atoms with Gasteiger partial charge in [-0.1, -0.05) is 0 Å². The average molecular weight is 401 g/mol. The molecule has 6 nitrogen and oxygen atoms in total. The van der Waals surface area contributed by atoms with Gasteiger partial charge in [-0.25, -0.2) is 4.98 Å². The number of ether oxygens (including phenoxy) is 1. The Kier molecular flexibility index (Phi) is 6.78. The van der Waals surface area contributed by atoms with E-state index >= 15 is 0 Å². The van der Waals surface area contributed by atoms with Crippen LogP contribution in [0.25, 0.3) is 0 Å². The molecule has 1 unspecified atom stereocenters. The van der Waals surface area contributed by atoms with Crippen molar-refractivity contribution in [1.29, 1.82) is 0 Å². The van der Waals surface area contributed by atoms with Gasteiger partial charge < -0.3 is 19.5 Å². The van der Waals surface area contributed by atoms with E-state index in [1.165, 1.54) is 0 Å². The lowest BCUT2D eigenvalue weighted by Crippen LogP contribution is -2.49. The third-order valence-electron chi connectivity index (χ3n) is 4.57. The number of carbonyl (C=O) groups is 1. The van der Waals surface area contributed by atoms with E-state index in [0.717, 1.165) is 5.82 Å². The number of hydrogen-bond donors (Lipinski definition) is 1. The molecule has 1 aliphatic heterocycles. The number of imidazole rings is 1. The number of alkyl halides is 2. The second-order valence-electron chi connectivity index (χ2n) is 6.43. The second kappa shape index (κ2) is 8.67. The van der Waals surface area contributed by atoms with Crippen molar-refractivity contribution >= 4 is 18.3 Å². The van der Waals surface area contributed by atoms with Gasteiger partial charge in [0.25, 0.3) is 5.91 Å². The zero-order chi connectivity index (χ0) is 18.8. The molecule has 1 atom stereocenters. The molecule has 9 heteroatoms. The van der Waals surface area contributed by atoms with E-state index in [2.05, 4.69) is 15.0 Å². The normalized spacial score (nSPS) is 17.0. The van der Waals surface area contributed by atoms with Crippen LogP contribution in [0.2, 0.25) is 0 Å². The first kappa shape index (κ1) is 21.1. The fourth-order valence-corrected chi connectivity index (χ4v) is 3.39. The summed E-state index contributed by atoms with van der Waals surface area (Å²) < 4.78 is 31.6. The van der Waals surface area contributed by atoms with Crippen LogP contribution in [-0.2, 0) is 7.05 Å². The van der Waals surface area contributed by atoms with Crippen LogP contribution in [0.3, 0.4) is 0 Å². The van der Waals surface area contributed by atoms with Crippen LogP contribution in [0, 0.1) is 13.8 Å². The Morgan fingerprint density at radius 2 is 2.00 bits per heavy atom. The highest BCUT2D eigenvalue weighted by atomic mass is 35.5. The first-order chi connectivity index (χ1) is 12.4. The molecular formula is C18H23ClF2N4O2. The van der Waals surface area contributed by atoms with Crippen molar-refractivity contribution in [2.75, 3.05) is 19.6 Å². The minimum Gasteiger partial charge on any atom is -0.434 e. The van der Waals surface area contributed by atoms with Crippen LogP contribution in [0.15, 0.2) is 24.5 Å². The van der Waals surface area contributed by atoms with E-state index in [9.17, 15) is 13.6 Å². The molecule has 1 fully saturated rings. The fourth-order valence-electron chi connectivity index (χ4n) is 3.39. The summed E-state index contributed by atoms with van der Waals surface area (Å²) in [6.45, 7) is 2.28. The predicted molar refractivity (Wildman–Crippen MR) is 99.7 cm³/mol. The Labute approximate surface area is 162 Å². The molecule has 1 aromatic heterocycles. The number of aromatic nitrogens is 2. The largest absolute Gasteiger partial charge is 0.434 e. The molecule has 3 rings (SSSR count). The van der Waals surface area contributed by atoms with E-state index in [4.69, 9.17) is 0 Å². The number of amides is 1. The summed E-state index contributed by atoms with van der Waals surface area (Å²) in [5, 5.41) is 3.29. The number of nitrogens with one attached hydrogen (secondary N) is 1. The first-order valence-electron chi connectivity index (χ1n) is 8.43. The Bertz CT molecular complexity index is 789. The molecule has 2 aromatic rings. The minimum absolute atomic E-state index is 0. The molecule has 1 amide bonds. The maximum Gasteiger partial charge on any atom is 0.387 e. The van der Waals surface area contributed by atoms with Gasteiger partial charge in [0.05, 0.1) is 0 Å². The molecule has 27 heavy (non-hydrogen) atoms. The maximum atomic E-state index is 13.1. The van der Waals surface area contributed by atoms with Crippen LogP contribution in [0.4, 0.5) is 8.78 Å². The lowest BCUT2D eigenvalue weighted by molar-refractivity contribution is -0.0507. The number of halogens is 3. The molecule has 0 saturated carbocycles. The highest BCUT2D eigenvalue weighted by molar-refractivity contribution is 5.95. The van der Waals surface area contributed by atoms with Crippen molar-refractivity contribution in [3.63, 3.8) is 0 Å². The second-order valence-corrected chi connectivity index (χ2v) is 6.43. The quantitative estimate of drug-likeness (QED) is 0.857. The van der Waals surface area contributed by atoms with Crippen LogP contribution in [0.1, 0.15) is 33.4 Å². The van der Waals surface area contributed by atoms with Gasteiger partial charge in [-0.3, -0.25) is 4.79 Å². The number of rotatable bonds is 4. The van der Waals surface area contributed by atoms with Crippen molar-refractivity contribution in [2.24, 2.45) is 7.05 Å². The Morgan fingerprint density at radius 1 is 1.33 bits per heavy atom. The zero-order valence-electron chi connectivity index (χ0n) is 15.4. The highest BCUT2D eigenvalue weighted by Gasteiger charge is 2.31. The van der Waals surface area contributed by atoms with Gasteiger partial charge in [-0.15, -0.1) is 12.4 Å². The molecular weight excluding hydrogens is 378 g/mol. The van der Waals surface area contributed by atoms with Crippen molar-refractivity contribution < 1.29 is 18.3 Å². The van der Waals surface area contributed by atoms with Crippen LogP contribution in [0.5, 0.6) is 5.75 Å². The van der Waals surface area contributed by atoms with Crippen molar-refractivity contribution in [1.82, 2.24) is 19.8 Å². The van der Waals surface area contributed by atoms with Crippen molar-refractivity contribution in [3.05, 3.63) is 47.0 Å². The predicted octanol–water partition coefficient (Wildman–Crippen LogP) is 2.85. The molecule has 0 aliphatic carbocycles. The summed E-state index contributed by atoms with van der Waals surface area (Å²) >= 11 is 0. The molecule has 0 spiro atoms. The summed E-state index contributed by atoms with van der Waals surface area (Å²) in [5.74, 6) is 0.781. The Hall–Kier alpha value is -2.19. The van der Waals surface area contributed by atoms with Gasteiger partial charge >= 0.3 is 6.61 Å². The van der Waals surface area contributed by atoms with E-state index in [1.807, 2.05) is 17.8 Å². The van der Waals surface area contributed by atoms with Gasteiger partial charge in [0.2, 0.25) is 0 Å². The van der Waals surface area contributed by atoms with Gasteiger partial charge in [-0.2, -0.15) is 8.78 Å². The standard InChI is InChI=1S/C18H22F2N4O2.ClH/c1-11-8-13(9-12(2)15(11)26-18(19)20)17(25)24-7-4-21-10-14(24)16-22-5-6-23(16)3;/h5-6,8-9,14,18,21H,4,7,10H2,1-3H3;1H. The summed E-state index contributed by atoms with van der Waals surface area (Å²) in [4.78, 5) is 19.3. The molecule has 1 aliphatic rings. The van der Waals surface area contributed by atoms with Crippen molar-refractivity contribution in [3.8, 4) is 5.75 Å². The SMILES string of the molecule is Cc1cc(C(=O)N2CCNCC2c2nccn2C)cc(C)c1OC(F)F.Cl.